The number of nitrogens with one attached hydrogen (secondary N) is 2. The maximum atomic E-state index is 6.09. The van der Waals surface area contributed by atoms with E-state index in [2.05, 4.69) is 24.5 Å². The zero-order chi connectivity index (χ0) is 12.5. The highest BCUT2D eigenvalue weighted by Gasteiger charge is 2.29. The Labute approximate surface area is 107 Å². The van der Waals surface area contributed by atoms with Crippen LogP contribution in [0.3, 0.4) is 0 Å². The Balaban J connectivity index is 2.02. The second kappa shape index (κ2) is 4.75. The van der Waals surface area contributed by atoms with Crippen LogP contribution in [0.2, 0.25) is 5.02 Å². The summed E-state index contributed by atoms with van der Waals surface area (Å²) in [5, 5.41) is 7.61. The number of hydrogen-bond donors (Lipinski definition) is 2. The summed E-state index contributed by atoms with van der Waals surface area (Å²) in [5.41, 5.74) is 1.26. The molecule has 1 saturated heterocycles. The van der Waals surface area contributed by atoms with Crippen molar-refractivity contribution in [2.75, 3.05) is 19.0 Å². The molecule has 0 spiro atoms. The quantitative estimate of drug-likeness (QED) is 0.870. The summed E-state index contributed by atoms with van der Waals surface area (Å²) >= 11 is 6.09. The fourth-order valence-corrected chi connectivity index (χ4v) is 2.51. The molecule has 1 atom stereocenters. The molecule has 0 amide bonds. The number of hydrogen-bond acceptors (Lipinski definition) is 3. The van der Waals surface area contributed by atoms with E-state index in [1.807, 2.05) is 18.2 Å². The lowest BCUT2D eigenvalue weighted by Crippen LogP contribution is -2.31. The first-order chi connectivity index (χ1) is 8.00. The molecular formula is C13H19ClN2O. The summed E-state index contributed by atoms with van der Waals surface area (Å²) in [6, 6.07) is 6.24. The number of benzene rings is 1. The van der Waals surface area contributed by atoms with E-state index in [0.717, 1.165) is 18.7 Å². The van der Waals surface area contributed by atoms with Crippen LogP contribution in [0.5, 0.6) is 5.75 Å². The lowest BCUT2D eigenvalue weighted by molar-refractivity contribution is 0.415. The van der Waals surface area contributed by atoms with E-state index in [1.54, 1.807) is 7.11 Å². The average molecular weight is 255 g/mol. The van der Waals surface area contributed by atoms with E-state index < -0.39 is 0 Å². The number of ether oxygens (including phenoxy) is 1. The van der Waals surface area contributed by atoms with Crippen molar-refractivity contribution in [3.63, 3.8) is 0 Å². The molecule has 1 fully saturated rings. The fraction of sp³-hybridized carbons (Fsp3) is 0.538. The van der Waals surface area contributed by atoms with Crippen LogP contribution < -0.4 is 15.4 Å². The number of methoxy groups -OCH3 is 1. The van der Waals surface area contributed by atoms with Gasteiger partial charge in [-0.05, 0) is 38.5 Å². The van der Waals surface area contributed by atoms with Gasteiger partial charge in [-0.2, -0.15) is 0 Å². The highest BCUT2D eigenvalue weighted by Crippen LogP contribution is 2.28. The summed E-state index contributed by atoms with van der Waals surface area (Å²) in [7, 11) is 1.62. The first kappa shape index (κ1) is 12.5. The van der Waals surface area contributed by atoms with E-state index in [9.17, 15) is 0 Å². The van der Waals surface area contributed by atoms with Crippen molar-refractivity contribution in [2.45, 2.75) is 31.8 Å². The van der Waals surface area contributed by atoms with Gasteiger partial charge in [-0.1, -0.05) is 11.6 Å². The number of anilines is 1. The molecule has 94 valence electrons. The third kappa shape index (κ3) is 3.05. The molecule has 0 aliphatic carbocycles. The van der Waals surface area contributed by atoms with Crippen molar-refractivity contribution < 1.29 is 4.74 Å². The Morgan fingerprint density at radius 3 is 2.76 bits per heavy atom. The Kier molecular flexibility index (Phi) is 3.50. The van der Waals surface area contributed by atoms with Gasteiger partial charge in [-0.3, -0.25) is 0 Å². The number of rotatable bonds is 3. The maximum Gasteiger partial charge on any atom is 0.137 e. The van der Waals surface area contributed by atoms with Crippen LogP contribution in [0.4, 0.5) is 5.69 Å². The molecule has 0 aromatic heterocycles. The smallest absolute Gasteiger partial charge is 0.137 e. The second-order valence-electron chi connectivity index (χ2n) is 5.16. The fourth-order valence-electron chi connectivity index (χ4n) is 2.25. The largest absolute Gasteiger partial charge is 0.495 e. The zero-order valence-corrected chi connectivity index (χ0v) is 11.3. The Hall–Kier alpha value is -0.930. The van der Waals surface area contributed by atoms with Crippen molar-refractivity contribution >= 4 is 17.3 Å². The summed E-state index contributed by atoms with van der Waals surface area (Å²) in [6.07, 6.45) is 1.11. The highest BCUT2D eigenvalue weighted by atomic mass is 35.5. The van der Waals surface area contributed by atoms with Gasteiger partial charge in [-0.25, -0.2) is 0 Å². The molecule has 1 aromatic rings. The monoisotopic (exact) mass is 254 g/mol. The molecule has 0 radical (unpaired) electrons. The lowest BCUT2D eigenvalue weighted by atomic mass is 10.0. The molecule has 1 aromatic carbocycles. The average Bonchev–Trinajstić information content (AvgIpc) is 2.58. The minimum absolute atomic E-state index is 0.216. The van der Waals surface area contributed by atoms with Crippen LogP contribution in [0.25, 0.3) is 0 Å². The zero-order valence-electron chi connectivity index (χ0n) is 10.5. The van der Waals surface area contributed by atoms with Gasteiger partial charge in [-0.15, -0.1) is 0 Å². The van der Waals surface area contributed by atoms with Crippen molar-refractivity contribution in [3.8, 4) is 5.75 Å². The SMILES string of the molecule is COc1ccc(NC2CNC(C)(C)C2)cc1Cl. The van der Waals surface area contributed by atoms with Gasteiger partial charge in [0.05, 0.1) is 12.1 Å². The molecule has 17 heavy (non-hydrogen) atoms. The molecule has 1 unspecified atom stereocenters. The molecular weight excluding hydrogens is 236 g/mol. The normalized spacial score (nSPS) is 22.5. The standard InChI is InChI=1S/C13H19ClN2O/c1-13(2)7-10(8-15-13)16-9-4-5-12(17-3)11(14)6-9/h4-6,10,15-16H,7-8H2,1-3H3. The first-order valence-electron chi connectivity index (χ1n) is 5.85. The molecule has 2 rings (SSSR count). The number of halogens is 1. The summed E-state index contributed by atoms with van der Waals surface area (Å²) in [5.74, 6) is 0.710. The van der Waals surface area contributed by atoms with Crippen LogP contribution in [0, 0.1) is 0 Å². The predicted octanol–water partition coefficient (Wildman–Crippen LogP) is 2.90. The Morgan fingerprint density at radius 2 is 2.24 bits per heavy atom. The third-order valence-corrected chi connectivity index (χ3v) is 3.40. The van der Waals surface area contributed by atoms with Crippen LogP contribution in [0.1, 0.15) is 20.3 Å². The maximum absolute atomic E-state index is 6.09. The molecule has 4 heteroatoms. The predicted molar refractivity (Wildman–Crippen MR) is 72.1 cm³/mol. The van der Waals surface area contributed by atoms with Crippen LogP contribution in [-0.4, -0.2) is 25.2 Å². The molecule has 2 N–H and O–H groups in total. The minimum Gasteiger partial charge on any atom is -0.495 e. The van der Waals surface area contributed by atoms with Gasteiger partial charge in [0.2, 0.25) is 0 Å². The second-order valence-corrected chi connectivity index (χ2v) is 5.57. The lowest BCUT2D eigenvalue weighted by Gasteiger charge is -2.18. The van der Waals surface area contributed by atoms with E-state index >= 15 is 0 Å². The van der Waals surface area contributed by atoms with Crippen molar-refractivity contribution in [2.24, 2.45) is 0 Å². The van der Waals surface area contributed by atoms with Crippen molar-refractivity contribution in [3.05, 3.63) is 23.2 Å². The molecule has 0 bridgehead atoms. The molecule has 1 heterocycles. The van der Waals surface area contributed by atoms with Gasteiger partial charge >= 0.3 is 0 Å². The summed E-state index contributed by atoms with van der Waals surface area (Å²) < 4.78 is 5.13. The molecule has 3 nitrogen and oxygen atoms in total. The Morgan fingerprint density at radius 1 is 1.47 bits per heavy atom. The van der Waals surface area contributed by atoms with Gasteiger partial charge in [0.1, 0.15) is 5.75 Å². The molecule has 1 aliphatic rings. The van der Waals surface area contributed by atoms with Crippen molar-refractivity contribution in [1.29, 1.82) is 0 Å². The summed E-state index contributed by atoms with van der Waals surface area (Å²) in [6.45, 7) is 5.42. The molecule has 1 aliphatic heterocycles. The van der Waals surface area contributed by atoms with E-state index in [4.69, 9.17) is 16.3 Å². The minimum atomic E-state index is 0.216. The van der Waals surface area contributed by atoms with Gasteiger partial charge < -0.3 is 15.4 Å². The van der Waals surface area contributed by atoms with Gasteiger partial charge in [0.15, 0.2) is 0 Å². The van der Waals surface area contributed by atoms with Gasteiger partial charge in [0, 0.05) is 23.8 Å². The van der Waals surface area contributed by atoms with E-state index in [1.165, 1.54) is 0 Å². The van der Waals surface area contributed by atoms with Crippen LogP contribution in [-0.2, 0) is 0 Å². The topological polar surface area (TPSA) is 33.3 Å². The summed E-state index contributed by atoms with van der Waals surface area (Å²) in [4.78, 5) is 0. The highest BCUT2D eigenvalue weighted by molar-refractivity contribution is 6.32. The van der Waals surface area contributed by atoms with Gasteiger partial charge in [0.25, 0.3) is 0 Å². The Bertz CT molecular complexity index is 406. The molecule has 0 saturated carbocycles. The van der Waals surface area contributed by atoms with E-state index in [-0.39, 0.29) is 5.54 Å². The van der Waals surface area contributed by atoms with Crippen molar-refractivity contribution in [1.82, 2.24) is 5.32 Å². The van der Waals surface area contributed by atoms with Crippen LogP contribution in [0.15, 0.2) is 18.2 Å². The van der Waals surface area contributed by atoms with E-state index in [0.29, 0.717) is 16.8 Å². The van der Waals surface area contributed by atoms with Crippen LogP contribution >= 0.6 is 11.6 Å². The first-order valence-corrected chi connectivity index (χ1v) is 6.23. The third-order valence-electron chi connectivity index (χ3n) is 3.11.